The van der Waals surface area contributed by atoms with E-state index in [1.807, 2.05) is 60.7 Å². The number of carbonyl (C=O) groups is 4. The molecule has 0 aliphatic rings. The number of nitrogens with one attached hydrogen (secondary N) is 2. The standard InChI is InChI=1S/C31H26N2O6/c1-38-31(37)30(33-29(36)26-18-14-24(15-19-26)22-10-6-3-7-11-22)39-27(34)20-32-28(35)25-16-12-23(13-17-25)21-8-4-2-5-9-21/h2-19,30H,20H2,1H3,(H,32,35)(H,33,36). The highest BCUT2D eigenvalue weighted by Crippen LogP contribution is 2.20. The lowest BCUT2D eigenvalue weighted by atomic mass is 10.0. The minimum Gasteiger partial charge on any atom is -0.465 e. The SMILES string of the molecule is COC(=O)C(NC(=O)c1ccc(-c2ccccc2)cc1)OC(=O)CNC(=O)c1ccc(-c2ccccc2)cc1. The summed E-state index contributed by atoms with van der Waals surface area (Å²) in [5, 5.41) is 4.79. The summed E-state index contributed by atoms with van der Waals surface area (Å²) in [7, 11) is 1.10. The van der Waals surface area contributed by atoms with E-state index in [1.165, 1.54) is 0 Å². The first kappa shape index (κ1) is 26.8. The highest BCUT2D eigenvalue weighted by Gasteiger charge is 2.26. The lowest BCUT2D eigenvalue weighted by Gasteiger charge is -2.17. The summed E-state index contributed by atoms with van der Waals surface area (Å²) in [5.74, 6) is -3.04. The molecular formula is C31H26N2O6. The average molecular weight is 523 g/mol. The van der Waals surface area contributed by atoms with Gasteiger partial charge >= 0.3 is 11.9 Å². The third-order valence-electron chi connectivity index (χ3n) is 5.83. The Morgan fingerprint density at radius 2 is 1.05 bits per heavy atom. The molecule has 0 saturated carbocycles. The van der Waals surface area contributed by atoms with Gasteiger partial charge in [-0.3, -0.25) is 14.4 Å². The molecule has 0 aliphatic carbocycles. The zero-order valence-electron chi connectivity index (χ0n) is 21.1. The minimum atomic E-state index is -1.69. The zero-order chi connectivity index (χ0) is 27.6. The molecule has 4 rings (SSSR count). The van der Waals surface area contributed by atoms with Gasteiger partial charge in [-0.2, -0.15) is 0 Å². The molecule has 2 N–H and O–H groups in total. The number of methoxy groups -OCH3 is 1. The molecule has 0 aliphatic heterocycles. The van der Waals surface area contributed by atoms with Crippen LogP contribution < -0.4 is 10.6 Å². The Labute approximate surface area is 225 Å². The largest absolute Gasteiger partial charge is 0.465 e. The molecule has 1 unspecified atom stereocenters. The van der Waals surface area contributed by atoms with E-state index < -0.39 is 36.5 Å². The van der Waals surface area contributed by atoms with Crippen molar-refractivity contribution in [2.45, 2.75) is 6.23 Å². The van der Waals surface area contributed by atoms with Crippen LogP contribution >= 0.6 is 0 Å². The van der Waals surface area contributed by atoms with E-state index in [1.54, 1.807) is 48.5 Å². The number of esters is 2. The zero-order valence-corrected chi connectivity index (χ0v) is 21.1. The molecule has 0 aromatic heterocycles. The average Bonchev–Trinajstić information content (AvgIpc) is 3.00. The number of ether oxygens (including phenoxy) is 2. The maximum absolute atomic E-state index is 12.7. The van der Waals surface area contributed by atoms with Gasteiger partial charge in [0.15, 0.2) is 0 Å². The van der Waals surface area contributed by atoms with Crippen molar-refractivity contribution < 1.29 is 28.7 Å². The van der Waals surface area contributed by atoms with Crippen molar-refractivity contribution in [3.05, 3.63) is 120 Å². The van der Waals surface area contributed by atoms with Gasteiger partial charge in [0.05, 0.1) is 7.11 Å². The maximum Gasteiger partial charge on any atom is 0.368 e. The highest BCUT2D eigenvalue weighted by molar-refractivity contribution is 5.98. The lowest BCUT2D eigenvalue weighted by Crippen LogP contribution is -2.46. The number of amides is 2. The fraction of sp³-hybridized carbons (Fsp3) is 0.0968. The molecule has 8 heteroatoms. The number of rotatable bonds is 9. The van der Waals surface area contributed by atoms with Crippen LogP contribution in [-0.4, -0.2) is 43.6 Å². The van der Waals surface area contributed by atoms with Gasteiger partial charge in [-0.1, -0.05) is 84.9 Å². The van der Waals surface area contributed by atoms with Crippen LogP contribution in [0.2, 0.25) is 0 Å². The number of hydrogen-bond acceptors (Lipinski definition) is 6. The van der Waals surface area contributed by atoms with Gasteiger partial charge < -0.3 is 20.1 Å². The molecule has 39 heavy (non-hydrogen) atoms. The minimum absolute atomic E-state index is 0.256. The van der Waals surface area contributed by atoms with Crippen LogP contribution in [0.15, 0.2) is 109 Å². The number of hydrogen-bond donors (Lipinski definition) is 2. The quantitative estimate of drug-likeness (QED) is 0.252. The summed E-state index contributed by atoms with van der Waals surface area (Å²) in [5.41, 5.74) is 4.45. The third kappa shape index (κ3) is 7.17. The molecule has 2 amide bonds. The number of benzene rings is 4. The second-order valence-corrected chi connectivity index (χ2v) is 8.44. The number of carbonyl (C=O) groups excluding carboxylic acids is 4. The summed E-state index contributed by atoms with van der Waals surface area (Å²) in [6.45, 7) is -0.519. The van der Waals surface area contributed by atoms with E-state index in [4.69, 9.17) is 4.74 Å². The molecule has 0 saturated heterocycles. The Bertz CT molecular complexity index is 1440. The monoisotopic (exact) mass is 522 g/mol. The molecule has 8 nitrogen and oxygen atoms in total. The van der Waals surface area contributed by atoms with Crippen LogP contribution in [-0.2, 0) is 19.1 Å². The van der Waals surface area contributed by atoms with E-state index in [2.05, 4.69) is 15.4 Å². The van der Waals surface area contributed by atoms with Crippen molar-refractivity contribution >= 4 is 23.8 Å². The van der Waals surface area contributed by atoms with Crippen molar-refractivity contribution in [2.75, 3.05) is 13.7 Å². The first-order chi connectivity index (χ1) is 18.9. The normalized spacial score (nSPS) is 11.1. The molecule has 0 fully saturated rings. The predicted octanol–water partition coefficient (Wildman–Crippen LogP) is 4.22. The van der Waals surface area contributed by atoms with E-state index in [-0.39, 0.29) is 5.56 Å². The van der Waals surface area contributed by atoms with Crippen molar-refractivity contribution in [2.24, 2.45) is 0 Å². The van der Waals surface area contributed by atoms with Crippen molar-refractivity contribution in [1.82, 2.24) is 10.6 Å². The predicted molar refractivity (Wildman–Crippen MR) is 145 cm³/mol. The molecule has 4 aromatic carbocycles. The van der Waals surface area contributed by atoms with Gasteiger partial charge in [-0.15, -0.1) is 0 Å². The first-order valence-corrected chi connectivity index (χ1v) is 12.1. The summed E-state index contributed by atoms with van der Waals surface area (Å²) in [4.78, 5) is 49.7. The first-order valence-electron chi connectivity index (χ1n) is 12.1. The van der Waals surface area contributed by atoms with E-state index in [0.717, 1.165) is 29.4 Å². The summed E-state index contributed by atoms with van der Waals surface area (Å²) >= 11 is 0. The van der Waals surface area contributed by atoms with E-state index in [9.17, 15) is 19.2 Å². The van der Waals surface area contributed by atoms with Gasteiger partial charge in [0, 0.05) is 11.1 Å². The maximum atomic E-state index is 12.7. The molecule has 0 bridgehead atoms. The summed E-state index contributed by atoms with van der Waals surface area (Å²) < 4.78 is 9.74. The summed E-state index contributed by atoms with van der Waals surface area (Å²) in [6, 6.07) is 32.9. The second-order valence-electron chi connectivity index (χ2n) is 8.44. The fourth-order valence-corrected chi connectivity index (χ4v) is 3.76. The summed E-state index contributed by atoms with van der Waals surface area (Å²) in [6.07, 6.45) is -1.69. The fourth-order valence-electron chi connectivity index (χ4n) is 3.76. The van der Waals surface area contributed by atoms with Crippen LogP contribution in [0.4, 0.5) is 0 Å². The molecule has 0 radical (unpaired) electrons. The van der Waals surface area contributed by atoms with Gasteiger partial charge in [-0.05, 0) is 46.5 Å². The molecular weight excluding hydrogens is 496 g/mol. The Morgan fingerprint density at radius 3 is 1.51 bits per heavy atom. The van der Waals surface area contributed by atoms with Crippen LogP contribution in [0.25, 0.3) is 22.3 Å². The third-order valence-corrected chi connectivity index (χ3v) is 5.83. The van der Waals surface area contributed by atoms with Gasteiger partial charge in [0.25, 0.3) is 18.0 Å². The van der Waals surface area contributed by atoms with E-state index >= 15 is 0 Å². The topological polar surface area (TPSA) is 111 Å². The molecule has 1 atom stereocenters. The Hall–Kier alpha value is -5.24. The van der Waals surface area contributed by atoms with Crippen molar-refractivity contribution in [3.8, 4) is 22.3 Å². The molecule has 196 valence electrons. The van der Waals surface area contributed by atoms with Gasteiger partial charge in [0.2, 0.25) is 0 Å². The Morgan fingerprint density at radius 1 is 0.615 bits per heavy atom. The lowest BCUT2D eigenvalue weighted by molar-refractivity contribution is -0.166. The smallest absolute Gasteiger partial charge is 0.368 e. The van der Waals surface area contributed by atoms with Crippen LogP contribution in [0.3, 0.4) is 0 Å². The molecule has 0 spiro atoms. The van der Waals surface area contributed by atoms with Crippen LogP contribution in [0.5, 0.6) is 0 Å². The Kier molecular flexibility index (Phi) is 8.82. The van der Waals surface area contributed by atoms with E-state index in [0.29, 0.717) is 5.56 Å². The van der Waals surface area contributed by atoms with Gasteiger partial charge in [-0.25, -0.2) is 4.79 Å². The van der Waals surface area contributed by atoms with Crippen LogP contribution in [0, 0.1) is 0 Å². The van der Waals surface area contributed by atoms with Crippen molar-refractivity contribution in [1.29, 1.82) is 0 Å². The highest BCUT2D eigenvalue weighted by atomic mass is 16.6. The van der Waals surface area contributed by atoms with Crippen LogP contribution in [0.1, 0.15) is 20.7 Å². The molecule has 0 heterocycles. The van der Waals surface area contributed by atoms with Crippen molar-refractivity contribution in [3.63, 3.8) is 0 Å². The Balaban J connectivity index is 1.32. The molecule has 4 aromatic rings. The van der Waals surface area contributed by atoms with Gasteiger partial charge in [0.1, 0.15) is 6.54 Å². The second kappa shape index (κ2) is 12.8.